The lowest BCUT2D eigenvalue weighted by molar-refractivity contribution is 0.694. The lowest BCUT2D eigenvalue weighted by atomic mass is 10.0. The summed E-state index contributed by atoms with van der Waals surface area (Å²) in [5.74, 6) is 0. The van der Waals surface area contributed by atoms with Crippen LogP contribution in [0.5, 0.6) is 0 Å². The standard InChI is InChI=1S/C15H19BrN2S/c1-3-14(17)13-6-4-5-7-15(13)18(2)9-12-8-11(16)10-19-12/h4-8,10,14H,3,9,17H2,1-2H3/t14-/m0/s1. The fraction of sp³-hybridized carbons (Fsp3) is 0.333. The normalized spacial score (nSPS) is 12.4. The van der Waals surface area contributed by atoms with Crippen molar-refractivity contribution < 1.29 is 0 Å². The Kier molecular flexibility index (Phi) is 5.02. The van der Waals surface area contributed by atoms with Crippen molar-refractivity contribution in [3.05, 3.63) is 50.6 Å². The second kappa shape index (κ2) is 6.55. The van der Waals surface area contributed by atoms with Crippen LogP contribution >= 0.6 is 27.3 Å². The number of benzene rings is 1. The summed E-state index contributed by atoms with van der Waals surface area (Å²) in [4.78, 5) is 3.61. The average Bonchev–Trinajstić information content (AvgIpc) is 2.83. The van der Waals surface area contributed by atoms with E-state index in [1.165, 1.54) is 16.1 Å². The van der Waals surface area contributed by atoms with Gasteiger partial charge in [-0.25, -0.2) is 0 Å². The number of hydrogen-bond donors (Lipinski definition) is 1. The zero-order valence-corrected chi connectivity index (χ0v) is 13.7. The predicted molar refractivity (Wildman–Crippen MR) is 87.8 cm³/mol. The summed E-state index contributed by atoms with van der Waals surface area (Å²) in [5, 5.41) is 2.12. The molecule has 0 unspecified atom stereocenters. The minimum absolute atomic E-state index is 0.105. The van der Waals surface area contributed by atoms with Gasteiger partial charge < -0.3 is 10.6 Å². The summed E-state index contributed by atoms with van der Waals surface area (Å²) >= 11 is 5.27. The third-order valence-corrected chi connectivity index (χ3v) is 4.88. The molecule has 1 atom stereocenters. The number of halogens is 1. The van der Waals surface area contributed by atoms with Gasteiger partial charge in [0.05, 0.1) is 6.54 Å². The third-order valence-electron chi connectivity index (χ3n) is 3.20. The quantitative estimate of drug-likeness (QED) is 0.865. The molecule has 0 bridgehead atoms. The summed E-state index contributed by atoms with van der Waals surface area (Å²) in [6.07, 6.45) is 0.954. The maximum Gasteiger partial charge on any atom is 0.0520 e. The maximum absolute atomic E-state index is 6.20. The molecule has 0 saturated heterocycles. The van der Waals surface area contributed by atoms with Crippen LogP contribution in [0.2, 0.25) is 0 Å². The molecule has 0 fully saturated rings. The van der Waals surface area contributed by atoms with E-state index in [4.69, 9.17) is 5.73 Å². The molecule has 0 aliphatic heterocycles. The van der Waals surface area contributed by atoms with Gasteiger partial charge >= 0.3 is 0 Å². The molecule has 0 radical (unpaired) electrons. The number of para-hydroxylation sites is 1. The van der Waals surface area contributed by atoms with Gasteiger partial charge in [-0.05, 0) is 40.0 Å². The van der Waals surface area contributed by atoms with Gasteiger partial charge in [-0.3, -0.25) is 0 Å². The zero-order chi connectivity index (χ0) is 13.8. The van der Waals surface area contributed by atoms with Crippen LogP contribution in [0.4, 0.5) is 5.69 Å². The van der Waals surface area contributed by atoms with E-state index in [1.54, 1.807) is 11.3 Å². The minimum atomic E-state index is 0.105. The van der Waals surface area contributed by atoms with Crippen molar-refractivity contribution in [3.63, 3.8) is 0 Å². The van der Waals surface area contributed by atoms with Crippen LogP contribution in [0.15, 0.2) is 40.2 Å². The molecule has 0 saturated carbocycles. The summed E-state index contributed by atoms with van der Waals surface area (Å²) in [6.45, 7) is 3.03. The van der Waals surface area contributed by atoms with Crippen molar-refractivity contribution in [2.45, 2.75) is 25.9 Å². The Labute approximate surface area is 127 Å². The van der Waals surface area contributed by atoms with E-state index in [0.717, 1.165) is 17.4 Å². The Morgan fingerprint density at radius 3 is 2.74 bits per heavy atom. The first-order valence-corrected chi connectivity index (χ1v) is 8.07. The van der Waals surface area contributed by atoms with Crippen LogP contribution < -0.4 is 10.6 Å². The first kappa shape index (κ1) is 14.6. The number of nitrogens with zero attached hydrogens (tertiary/aromatic N) is 1. The third kappa shape index (κ3) is 3.59. The second-order valence-electron chi connectivity index (χ2n) is 4.66. The van der Waals surface area contributed by atoms with Crippen molar-refractivity contribution in [2.24, 2.45) is 5.73 Å². The molecule has 102 valence electrons. The molecular weight excluding hydrogens is 320 g/mol. The molecule has 1 aromatic carbocycles. The monoisotopic (exact) mass is 338 g/mol. The molecule has 19 heavy (non-hydrogen) atoms. The van der Waals surface area contributed by atoms with Gasteiger partial charge in [0.15, 0.2) is 0 Å². The second-order valence-corrected chi connectivity index (χ2v) is 6.57. The van der Waals surface area contributed by atoms with Gasteiger partial charge in [-0.1, -0.05) is 25.1 Å². The maximum atomic E-state index is 6.20. The highest BCUT2D eigenvalue weighted by Gasteiger charge is 2.12. The molecule has 4 heteroatoms. The van der Waals surface area contributed by atoms with Crippen LogP contribution in [0.3, 0.4) is 0 Å². The SMILES string of the molecule is CC[C@H](N)c1ccccc1N(C)Cc1cc(Br)cs1. The predicted octanol–water partition coefficient (Wildman–Crippen LogP) is 4.56. The Morgan fingerprint density at radius 1 is 1.37 bits per heavy atom. The highest BCUT2D eigenvalue weighted by molar-refractivity contribution is 9.10. The van der Waals surface area contributed by atoms with Crippen molar-refractivity contribution in [3.8, 4) is 0 Å². The van der Waals surface area contributed by atoms with Crippen molar-refractivity contribution >= 4 is 33.0 Å². The molecule has 2 rings (SSSR count). The van der Waals surface area contributed by atoms with E-state index in [2.05, 4.69) is 70.5 Å². The lowest BCUT2D eigenvalue weighted by Gasteiger charge is -2.24. The minimum Gasteiger partial charge on any atom is -0.369 e. The summed E-state index contributed by atoms with van der Waals surface area (Å²) < 4.78 is 1.15. The molecule has 0 spiro atoms. The largest absolute Gasteiger partial charge is 0.369 e. The van der Waals surface area contributed by atoms with Crippen LogP contribution in [-0.2, 0) is 6.54 Å². The molecule has 0 amide bonds. The summed E-state index contributed by atoms with van der Waals surface area (Å²) in [7, 11) is 2.12. The number of nitrogens with two attached hydrogens (primary N) is 1. The van der Waals surface area contributed by atoms with Gasteiger partial charge in [0.25, 0.3) is 0 Å². The number of hydrogen-bond acceptors (Lipinski definition) is 3. The topological polar surface area (TPSA) is 29.3 Å². The van der Waals surface area contributed by atoms with Crippen LogP contribution in [0.1, 0.15) is 29.8 Å². The van der Waals surface area contributed by atoms with Gasteiger partial charge in [-0.15, -0.1) is 11.3 Å². The molecule has 0 aliphatic carbocycles. The van der Waals surface area contributed by atoms with E-state index in [0.29, 0.717) is 0 Å². The average molecular weight is 339 g/mol. The fourth-order valence-electron chi connectivity index (χ4n) is 2.12. The van der Waals surface area contributed by atoms with Crippen LogP contribution in [-0.4, -0.2) is 7.05 Å². The molecular formula is C15H19BrN2S. The summed E-state index contributed by atoms with van der Waals surface area (Å²) in [6, 6.07) is 10.7. The van der Waals surface area contributed by atoms with Gasteiger partial charge in [0.1, 0.15) is 0 Å². The molecule has 2 aromatic rings. The fourth-order valence-corrected chi connectivity index (χ4v) is 3.63. The van der Waals surface area contributed by atoms with Crippen LogP contribution in [0.25, 0.3) is 0 Å². The smallest absolute Gasteiger partial charge is 0.0520 e. The zero-order valence-electron chi connectivity index (χ0n) is 11.3. The van der Waals surface area contributed by atoms with Gasteiger partial charge in [-0.2, -0.15) is 0 Å². The molecule has 2 nitrogen and oxygen atoms in total. The lowest BCUT2D eigenvalue weighted by Crippen LogP contribution is -2.20. The Bertz CT molecular complexity index is 538. The van der Waals surface area contributed by atoms with Crippen molar-refractivity contribution in [2.75, 3.05) is 11.9 Å². The van der Waals surface area contributed by atoms with E-state index in [-0.39, 0.29) is 6.04 Å². The first-order valence-electron chi connectivity index (χ1n) is 6.40. The van der Waals surface area contributed by atoms with Gasteiger partial charge in [0.2, 0.25) is 0 Å². The van der Waals surface area contributed by atoms with Crippen molar-refractivity contribution in [1.82, 2.24) is 0 Å². The number of rotatable bonds is 5. The van der Waals surface area contributed by atoms with E-state index in [1.807, 2.05) is 0 Å². The van der Waals surface area contributed by atoms with E-state index in [9.17, 15) is 0 Å². The van der Waals surface area contributed by atoms with E-state index < -0.39 is 0 Å². The molecule has 1 aromatic heterocycles. The van der Waals surface area contributed by atoms with Crippen LogP contribution in [0, 0.1) is 0 Å². The number of thiophene rings is 1. The Hall–Kier alpha value is -0.840. The Balaban J connectivity index is 2.21. The molecule has 0 aliphatic rings. The van der Waals surface area contributed by atoms with Crippen molar-refractivity contribution in [1.29, 1.82) is 0 Å². The van der Waals surface area contributed by atoms with E-state index >= 15 is 0 Å². The Morgan fingerprint density at radius 2 is 2.11 bits per heavy atom. The first-order chi connectivity index (χ1) is 9.11. The highest BCUT2D eigenvalue weighted by Crippen LogP contribution is 2.28. The summed E-state index contributed by atoms with van der Waals surface area (Å²) in [5.41, 5.74) is 8.65. The molecule has 1 heterocycles. The highest BCUT2D eigenvalue weighted by atomic mass is 79.9. The molecule has 2 N–H and O–H groups in total. The van der Waals surface area contributed by atoms with Gasteiger partial charge in [0, 0.05) is 33.5 Å². The number of anilines is 1.